The van der Waals surface area contributed by atoms with Gasteiger partial charge in [-0.1, -0.05) is 40.2 Å². The number of aromatic amines is 1. The van der Waals surface area contributed by atoms with Crippen molar-refractivity contribution in [2.45, 2.75) is 6.10 Å². The van der Waals surface area contributed by atoms with Crippen molar-refractivity contribution in [3.63, 3.8) is 0 Å². The fourth-order valence-electron chi connectivity index (χ4n) is 3.34. The van der Waals surface area contributed by atoms with Gasteiger partial charge in [-0.3, -0.25) is 4.79 Å². The Labute approximate surface area is 187 Å². The predicted octanol–water partition coefficient (Wildman–Crippen LogP) is 6.00. The van der Waals surface area contributed by atoms with Crippen LogP contribution in [0.25, 0.3) is 21.7 Å². The summed E-state index contributed by atoms with van der Waals surface area (Å²) in [5.41, 5.74) is 0.818. The van der Waals surface area contributed by atoms with Gasteiger partial charge in [-0.25, -0.2) is 0 Å². The lowest BCUT2D eigenvalue weighted by molar-refractivity contribution is -0.127. The van der Waals surface area contributed by atoms with Gasteiger partial charge in [-0.15, -0.1) is 10.2 Å². The van der Waals surface area contributed by atoms with Crippen molar-refractivity contribution in [2.24, 2.45) is 10.2 Å². The number of rotatable bonds is 2. The molecule has 0 saturated carbocycles. The Kier molecular flexibility index (Phi) is 4.71. The molecule has 0 fully saturated rings. The van der Waals surface area contributed by atoms with Crippen molar-refractivity contribution in [2.75, 3.05) is 6.61 Å². The fourth-order valence-corrected chi connectivity index (χ4v) is 4.66. The average molecular weight is 531 g/mol. The van der Waals surface area contributed by atoms with Gasteiger partial charge >= 0.3 is 5.91 Å². The van der Waals surface area contributed by atoms with Crippen molar-refractivity contribution in [3.05, 3.63) is 57.5 Å². The quantitative estimate of drug-likeness (QED) is 0.310. The maximum Gasteiger partial charge on any atom is 0.308 e. The number of azo groups is 1. The number of amides is 1. The topological polar surface area (TPSA) is 96.3 Å². The average Bonchev–Trinajstić information content (AvgIpc) is 3.05. The molecule has 1 atom stereocenters. The molecule has 1 amide bonds. The number of nitrogens with zero attached hydrogens (tertiary/aromatic N) is 2. The van der Waals surface area contributed by atoms with Gasteiger partial charge in [-0.2, -0.15) is 0 Å². The monoisotopic (exact) mass is 529 g/mol. The largest absolute Gasteiger partial charge is 0.493 e. The van der Waals surface area contributed by atoms with Crippen LogP contribution in [0, 0.1) is 0 Å². The van der Waals surface area contributed by atoms with Crippen LogP contribution in [-0.4, -0.2) is 28.7 Å². The zero-order valence-corrected chi connectivity index (χ0v) is 18.4. The predicted molar refractivity (Wildman–Crippen MR) is 119 cm³/mol. The molecule has 2 N–H and O–H groups in total. The third kappa shape index (κ3) is 3.33. The molecule has 30 heavy (non-hydrogen) atoms. The second-order valence-electron chi connectivity index (χ2n) is 6.73. The second kappa shape index (κ2) is 7.41. The first-order chi connectivity index (χ1) is 14.5. The minimum absolute atomic E-state index is 0.0279. The molecule has 4 aromatic rings. The molecule has 2 heterocycles. The van der Waals surface area contributed by atoms with E-state index in [1.165, 1.54) is 0 Å². The summed E-state index contributed by atoms with van der Waals surface area (Å²) in [5.74, 6) is 0.282. The van der Waals surface area contributed by atoms with Gasteiger partial charge in [0, 0.05) is 14.3 Å². The van der Waals surface area contributed by atoms with Crippen LogP contribution in [0.2, 0.25) is 0 Å². The minimum atomic E-state index is -0.923. The number of aromatic hydroxyl groups is 1. The van der Waals surface area contributed by atoms with E-state index in [0.29, 0.717) is 22.4 Å². The van der Waals surface area contributed by atoms with Gasteiger partial charge in [0.25, 0.3) is 0 Å². The number of fused-ring (bicyclic) bond motifs is 3. The number of benzene rings is 3. The lowest BCUT2D eigenvalue weighted by Crippen LogP contribution is -2.35. The van der Waals surface area contributed by atoms with Crippen LogP contribution in [-0.2, 0) is 4.79 Å². The van der Waals surface area contributed by atoms with Gasteiger partial charge < -0.3 is 19.6 Å². The first kappa shape index (κ1) is 19.1. The zero-order valence-electron chi connectivity index (χ0n) is 15.2. The molecule has 1 aliphatic heterocycles. The molecule has 1 unspecified atom stereocenters. The van der Waals surface area contributed by atoms with Crippen LogP contribution in [0.5, 0.6) is 17.4 Å². The maximum atomic E-state index is 12.6. The van der Waals surface area contributed by atoms with E-state index in [2.05, 4.69) is 47.1 Å². The summed E-state index contributed by atoms with van der Waals surface area (Å²) in [6.45, 7) is 0.0279. The third-order valence-corrected chi connectivity index (χ3v) is 5.86. The molecule has 3 aromatic carbocycles. The Hall–Kier alpha value is -2.91. The van der Waals surface area contributed by atoms with Crippen LogP contribution in [0.4, 0.5) is 5.69 Å². The van der Waals surface area contributed by atoms with E-state index in [4.69, 9.17) is 9.47 Å². The fraction of sp³-hybridized carbons (Fsp3) is 0.0952. The number of hydrogen-bond acceptors (Lipinski definition) is 5. The highest BCUT2D eigenvalue weighted by Crippen LogP contribution is 2.40. The molecule has 0 radical (unpaired) electrons. The number of nitrogens with one attached hydrogen (secondary N) is 1. The number of ether oxygens (including phenoxy) is 2. The smallest absolute Gasteiger partial charge is 0.308 e. The number of aromatic nitrogens is 1. The van der Waals surface area contributed by atoms with E-state index < -0.39 is 12.0 Å². The molecule has 150 valence electrons. The molecular weight excluding hydrogens is 518 g/mol. The van der Waals surface area contributed by atoms with E-state index in [-0.39, 0.29) is 18.2 Å². The molecule has 9 heteroatoms. The number of carbonyl (C=O) groups is 1. The second-order valence-corrected chi connectivity index (χ2v) is 8.50. The normalized spacial score (nSPS) is 15.9. The van der Waals surface area contributed by atoms with Crippen molar-refractivity contribution >= 4 is 65.1 Å². The molecule has 7 nitrogen and oxygen atoms in total. The van der Waals surface area contributed by atoms with E-state index in [1.807, 2.05) is 42.5 Å². The first-order valence-electron chi connectivity index (χ1n) is 8.97. The Morgan fingerprint density at radius 1 is 1.10 bits per heavy atom. The van der Waals surface area contributed by atoms with Crippen molar-refractivity contribution in [3.8, 4) is 17.4 Å². The molecule has 0 spiro atoms. The van der Waals surface area contributed by atoms with E-state index in [1.54, 1.807) is 6.07 Å². The Bertz CT molecular complexity index is 1350. The molecule has 0 aliphatic carbocycles. The van der Waals surface area contributed by atoms with Gasteiger partial charge in [0.05, 0.1) is 5.52 Å². The van der Waals surface area contributed by atoms with E-state index >= 15 is 0 Å². The molecular formula is C21H13Br2N3O4. The highest BCUT2D eigenvalue weighted by atomic mass is 79.9. The summed E-state index contributed by atoms with van der Waals surface area (Å²) in [7, 11) is 0. The summed E-state index contributed by atoms with van der Waals surface area (Å²) in [4.78, 5) is 15.4. The third-order valence-electron chi connectivity index (χ3n) is 4.77. The minimum Gasteiger partial charge on any atom is -0.493 e. The Morgan fingerprint density at radius 3 is 2.60 bits per heavy atom. The number of hydrogen-bond donors (Lipinski definition) is 2. The van der Waals surface area contributed by atoms with Crippen molar-refractivity contribution in [1.29, 1.82) is 0 Å². The summed E-state index contributed by atoms with van der Waals surface area (Å²) in [6, 6.07) is 15.1. The summed E-state index contributed by atoms with van der Waals surface area (Å²) in [5, 5.41) is 20.6. The van der Waals surface area contributed by atoms with Crippen molar-refractivity contribution < 1.29 is 19.4 Å². The van der Waals surface area contributed by atoms with Gasteiger partial charge in [-0.05, 0) is 51.0 Å². The van der Waals surface area contributed by atoms with Crippen LogP contribution in [0.15, 0.2) is 67.7 Å². The zero-order chi connectivity index (χ0) is 20.8. The lowest BCUT2D eigenvalue weighted by Gasteiger charge is -2.24. The van der Waals surface area contributed by atoms with E-state index in [9.17, 15) is 9.90 Å². The summed E-state index contributed by atoms with van der Waals surface area (Å²) >= 11 is 6.82. The molecule has 5 rings (SSSR count). The summed E-state index contributed by atoms with van der Waals surface area (Å²) < 4.78 is 13.1. The SMILES string of the molecule is O=C(N=Nc1c(O)[nH]c2c(Br)cc(Br)cc12)C1COc2cc3ccccc3cc2O1. The summed E-state index contributed by atoms with van der Waals surface area (Å²) in [6.07, 6.45) is -0.923. The maximum absolute atomic E-state index is 12.6. The van der Waals surface area contributed by atoms with Crippen LogP contribution >= 0.6 is 31.9 Å². The molecule has 0 bridgehead atoms. The first-order valence-corrected chi connectivity index (χ1v) is 10.6. The van der Waals surface area contributed by atoms with Gasteiger partial charge in [0.15, 0.2) is 17.2 Å². The number of H-pyrrole nitrogens is 1. The number of halogens is 2. The van der Waals surface area contributed by atoms with E-state index in [0.717, 1.165) is 19.7 Å². The van der Waals surface area contributed by atoms with Crippen molar-refractivity contribution in [1.82, 2.24) is 4.98 Å². The van der Waals surface area contributed by atoms with Crippen LogP contribution < -0.4 is 9.47 Å². The highest BCUT2D eigenvalue weighted by Gasteiger charge is 2.28. The Balaban J connectivity index is 1.41. The standard InChI is InChI=1S/C21H13Br2N3O4/c22-12-7-13-18(14(23)8-12)24-21(28)19(13)25-26-20(27)17-9-29-15-5-10-3-1-2-4-11(10)6-16(15)30-17/h1-8,17,24,28H,9H2. The van der Waals surface area contributed by atoms with Gasteiger partial charge in [0.2, 0.25) is 12.0 Å². The van der Waals surface area contributed by atoms with Crippen LogP contribution in [0.1, 0.15) is 0 Å². The molecule has 1 aliphatic rings. The van der Waals surface area contributed by atoms with Crippen LogP contribution in [0.3, 0.4) is 0 Å². The lowest BCUT2D eigenvalue weighted by atomic mass is 10.1. The Morgan fingerprint density at radius 2 is 1.83 bits per heavy atom. The number of carbonyl (C=O) groups excluding carboxylic acids is 1. The highest BCUT2D eigenvalue weighted by molar-refractivity contribution is 9.11. The molecule has 0 saturated heterocycles. The van der Waals surface area contributed by atoms with Gasteiger partial charge in [0.1, 0.15) is 6.61 Å². The molecule has 1 aromatic heterocycles.